The van der Waals surface area contributed by atoms with E-state index in [-0.39, 0.29) is 34.6 Å². The Kier molecular flexibility index (Phi) is 5.30. The van der Waals surface area contributed by atoms with Crippen molar-refractivity contribution in [3.63, 3.8) is 0 Å². The molecule has 8 nitrogen and oxygen atoms in total. The third-order valence-electron chi connectivity index (χ3n) is 5.10. The van der Waals surface area contributed by atoms with Gasteiger partial charge in [0.1, 0.15) is 5.69 Å². The van der Waals surface area contributed by atoms with Gasteiger partial charge in [-0.3, -0.25) is 14.9 Å². The van der Waals surface area contributed by atoms with Gasteiger partial charge >= 0.3 is 0 Å². The van der Waals surface area contributed by atoms with Crippen LogP contribution in [-0.2, 0) is 4.74 Å². The Morgan fingerprint density at radius 2 is 2.00 bits per heavy atom. The van der Waals surface area contributed by atoms with Crippen molar-refractivity contribution >= 4 is 17.3 Å². The van der Waals surface area contributed by atoms with E-state index < -0.39 is 10.7 Å². The molecule has 4 rings (SSSR count). The zero-order valence-corrected chi connectivity index (χ0v) is 15.6. The molecule has 0 bridgehead atoms. The highest BCUT2D eigenvalue weighted by molar-refractivity contribution is 5.95. The van der Waals surface area contributed by atoms with Crippen LogP contribution in [0.5, 0.6) is 5.75 Å². The van der Waals surface area contributed by atoms with Crippen LogP contribution in [0.2, 0.25) is 0 Å². The first-order valence-electron chi connectivity index (χ1n) is 9.38. The molecule has 2 aromatic carbocycles. The van der Waals surface area contributed by atoms with Crippen molar-refractivity contribution in [1.29, 1.82) is 0 Å². The lowest BCUT2D eigenvalue weighted by molar-refractivity contribution is -0.384. The zero-order chi connectivity index (χ0) is 20.4. The summed E-state index contributed by atoms with van der Waals surface area (Å²) in [5, 5.41) is 14.8. The molecule has 0 unspecified atom stereocenters. The number of carbonyl (C=O) groups excluding carboxylic acids is 1. The number of benzene rings is 2. The van der Waals surface area contributed by atoms with Crippen molar-refractivity contribution in [2.75, 3.05) is 38.2 Å². The fourth-order valence-electron chi connectivity index (χ4n) is 3.61. The lowest BCUT2D eigenvalue weighted by atomic mass is 9.99. The highest BCUT2D eigenvalue weighted by atomic mass is 19.1. The molecule has 9 heteroatoms. The molecule has 0 spiro atoms. The summed E-state index contributed by atoms with van der Waals surface area (Å²) >= 11 is 0. The van der Waals surface area contributed by atoms with Gasteiger partial charge in [-0.15, -0.1) is 0 Å². The Bertz CT molecular complexity index is 946. The Morgan fingerprint density at radius 3 is 2.76 bits per heavy atom. The molecule has 0 radical (unpaired) electrons. The van der Waals surface area contributed by atoms with E-state index >= 15 is 0 Å². The van der Waals surface area contributed by atoms with Gasteiger partial charge in [-0.1, -0.05) is 12.1 Å². The van der Waals surface area contributed by atoms with Crippen LogP contribution in [0.15, 0.2) is 36.4 Å². The number of fused-ring (bicyclic) bond motifs is 1. The van der Waals surface area contributed by atoms with E-state index in [0.717, 1.165) is 0 Å². The summed E-state index contributed by atoms with van der Waals surface area (Å²) in [7, 11) is 0. The van der Waals surface area contributed by atoms with Gasteiger partial charge in [0, 0.05) is 36.7 Å². The third kappa shape index (κ3) is 3.86. The number of para-hydroxylation sites is 1. The number of carbonyl (C=O) groups is 1. The zero-order valence-electron chi connectivity index (χ0n) is 15.6. The summed E-state index contributed by atoms with van der Waals surface area (Å²) in [5.74, 6) is -0.561. The molecule has 2 aromatic rings. The normalized spacial score (nSPS) is 18.5. The fraction of sp³-hybridized carbons (Fsp3) is 0.350. The van der Waals surface area contributed by atoms with E-state index in [9.17, 15) is 19.3 Å². The Balaban J connectivity index is 1.61. The van der Waals surface area contributed by atoms with Gasteiger partial charge in [-0.25, -0.2) is 4.39 Å². The maximum absolute atomic E-state index is 14.0. The molecule has 0 saturated carbocycles. The third-order valence-corrected chi connectivity index (χ3v) is 5.10. The minimum atomic E-state index is -0.524. The number of hydrogen-bond donors (Lipinski definition) is 1. The van der Waals surface area contributed by atoms with Crippen molar-refractivity contribution in [2.45, 2.75) is 12.5 Å². The number of morpholine rings is 1. The monoisotopic (exact) mass is 401 g/mol. The predicted octanol–water partition coefficient (Wildman–Crippen LogP) is 3.14. The molecule has 1 amide bonds. The molecule has 29 heavy (non-hydrogen) atoms. The first kappa shape index (κ1) is 19.1. The quantitative estimate of drug-likeness (QED) is 0.625. The number of rotatable bonds is 4. The summed E-state index contributed by atoms with van der Waals surface area (Å²) in [5.41, 5.74) is 0.936. The predicted molar refractivity (Wildman–Crippen MR) is 103 cm³/mol. The average Bonchev–Trinajstić information content (AvgIpc) is 2.75. The largest absolute Gasteiger partial charge is 0.490 e. The van der Waals surface area contributed by atoms with E-state index in [1.165, 1.54) is 18.2 Å². The number of amides is 1. The number of halogens is 1. The molecule has 1 N–H and O–H groups in total. The van der Waals surface area contributed by atoms with Crippen molar-refractivity contribution in [3.05, 3.63) is 63.5 Å². The van der Waals surface area contributed by atoms with Crippen LogP contribution in [-0.4, -0.2) is 48.6 Å². The molecule has 2 heterocycles. The molecule has 1 fully saturated rings. The molecular formula is C20H20FN3O5. The Hall–Kier alpha value is -3.20. The Labute approximate surface area is 166 Å². The lowest BCUT2D eigenvalue weighted by Gasteiger charge is -2.28. The molecule has 1 saturated heterocycles. The maximum Gasteiger partial charge on any atom is 0.293 e. The summed E-state index contributed by atoms with van der Waals surface area (Å²) in [6.07, 6.45) is 0.530. The minimum absolute atomic E-state index is 0.165. The number of nitrogens with zero attached hydrogens (tertiary/aromatic N) is 2. The van der Waals surface area contributed by atoms with Crippen LogP contribution < -0.4 is 10.1 Å². The van der Waals surface area contributed by atoms with E-state index in [4.69, 9.17) is 9.47 Å². The van der Waals surface area contributed by atoms with Gasteiger partial charge in [-0.05, 0) is 18.2 Å². The molecule has 0 aromatic heterocycles. The van der Waals surface area contributed by atoms with Crippen LogP contribution in [0.3, 0.4) is 0 Å². The SMILES string of the molecule is O=C(c1ccc(N[C@H]2CCOc3c(F)cccc32)c([N+](=O)[O-])c1)N1CCOCC1. The Morgan fingerprint density at radius 1 is 1.21 bits per heavy atom. The van der Waals surface area contributed by atoms with Crippen molar-refractivity contribution in [2.24, 2.45) is 0 Å². The van der Waals surface area contributed by atoms with Crippen LogP contribution in [0, 0.1) is 15.9 Å². The van der Waals surface area contributed by atoms with Crippen molar-refractivity contribution in [1.82, 2.24) is 4.90 Å². The topological polar surface area (TPSA) is 93.9 Å². The standard InChI is InChI=1S/C20H20FN3O5/c21-15-3-1-2-14-16(6-9-29-19(14)15)22-17-5-4-13(12-18(17)24(26)27)20(25)23-7-10-28-11-8-23/h1-5,12,16,22H,6-11H2/t16-/m0/s1. The van der Waals surface area contributed by atoms with Gasteiger partial charge in [0.15, 0.2) is 11.6 Å². The summed E-state index contributed by atoms with van der Waals surface area (Å²) in [6, 6.07) is 8.67. The van der Waals surface area contributed by atoms with E-state index in [0.29, 0.717) is 44.9 Å². The number of nitrogens with one attached hydrogen (secondary N) is 1. The number of nitro groups is 1. The number of nitro benzene ring substituents is 1. The van der Waals surface area contributed by atoms with Gasteiger partial charge in [0.05, 0.1) is 30.8 Å². The first-order valence-corrected chi connectivity index (χ1v) is 9.38. The molecule has 2 aliphatic heterocycles. The number of anilines is 1. The van der Waals surface area contributed by atoms with Gasteiger partial charge in [-0.2, -0.15) is 0 Å². The second-order valence-corrected chi connectivity index (χ2v) is 6.89. The number of hydrogen-bond acceptors (Lipinski definition) is 6. The minimum Gasteiger partial charge on any atom is -0.490 e. The lowest BCUT2D eigenvalue weighted by Crippen LogP contribution is -2.40. The van der Waals surface area contributed by atoms with Crippen molar-refractivity contribution < 1.29 is 23.6 Å². The smallest absolute Gasteiger partial charge is 0.293 e. The molecule has 152 valence electrons. The van der Waals surface area contributed by atoms with Gasteiger partial charge in [0.2, 0.25) is 0 Å². The van der Waals surface area contributed by atoms with Crippen LogP contribution in [0.1, 0.15) is 28.4 Å². The maximum atomic E-state index is 14.0. The summed E-state index contributed by atoms with van der Waals surface area (Å²) in [6.45, 7) is 2.11. The van der Waals surface area contributed by atoms with E-state index in [1.54, 1.807) is 23.1 Å². The molecular weight excluding hydrogens is 381 g/mol. The van der Waals surface area contributed by atoms with Crippen molar-refractivity contribution in [3.8, 4) is 5.75 Å². The highest BCUT2D eigenvalue weighted by Gasteiger charge is 2.27. The van der Waals surface area contributed by atoms with Gasteiger partial charge in [0.25, 0.3) is 11.6 Å². The second-order valence-electron chi connectivity index (χ2n) is 6.89. The average molecular weight is 401 g/mol. The molecule has 1 atom stereocenters. The second kappa shape index (κ2) is 8.04. The highest BCUT2D eigenvalue weighted by Crippen LogP contribution is 2.38. The van der Waals surface area contributed by atoms with Gasteiger partial charge < -0.3 is 19.7 Å². The van der Waals surface area contributed by atoms with Crippen LogP contribution in [0.4, 0.5) is 15.8 Å². The first-order chi connectivity index (χ1) is 14.0. The molecule has 0 aliphatic carbocycles. The fourth-order valence-corrected chi connectivity index (χ4v) is 3.61. The molecule has 2 aliphatic rings. The summed E-state index contributed by atoms with van der Waals surface area (Å²) in [4.78, 5) is 25.4. The van der Waals surface area contributed by atoms with Crippen LogP contribution >= 0.6 is 0 Å². The number of ether oxygens (including phenoxy) is 2. The van der Waals surface area contributed by atoms with E-state index in [2.05, 4.69) is 5.32 Å². The van der Waals surface area contributed by atoms with E-state index in [1.807, 2.05) is 0 Å². The van der Waals surface area contributed by atoms with Crippen LogP contribution in [0.25, 0.3) is 0 Å². The summed E-state index contributed by atoms with van der Waals surface area (Å²) < 4.78 is 24.6.